The monoisotopic (exact) mass is 338 g/mol. The maximum Gasteiger partial charge on any atom is 0.162 e. The molecule has 2 rings (SSSR count). The van der Waals surface area contributed by atoms with Gasteiger partial charge in [-0.25, -0.2) is 4.39 Å². The summed E-state index contributed by atoms with van der Waals surface area (Å²) in [6.45, 7) is 1.88. The van der Waals surface area contributed by atoms with Crippen LogP contribution in [-0.2, 0) is 0 Å². The van der Waals surface area contributed by atoms with Crippen molar-refractivity contribution >= 4 is 38.9 Å². The Morgan fingerprint density at radius 3 is 2.58 bits per heavy atom. The first-order valence-corrected chi connectivity index (χ1v) is 6.61. The van der Waals surface area contributed by atoms with Crippen LogP contribution in [0, 0.1) is 24.1 Å². The van der Waals surface area contributed by atoms with E-state index in [2.05, 4.69) is 21.2 Å². The van der Waals surface area contributed by atoms with Crippen molar-refractivity contribution in [2.75, 3.05) is 5.32 Å². The lowest BCUT2D eigenvalue weighted by Gasteiger charge is -2.12. The Bertz CT molecular complexity index is 680. The van der Waals surface area contributed by atoms with Crippen LogP contribution in [0.4, 0.5) is 15.8 Å². The molecule has 19 heavy (non-hydrogen) atoms. The van der Waals surface area contributed by atoms with E-state index in [9.17, 15) is 4.39 Å². The average molecular weight is 340 g/mol. The smallest absolute Gasteiger partial charge is 0.162 e. The summed E-state index contributed by atoms with van der Waals surface area (Å²) in [5, 5.41) is 12.4. The lowest BCUT2D eigenvalue weighted by molar-refractivity contribution is 0.624. The number of hydrogen-bond acceptors (Lipinski definition) is 2. The van der Waals surface area contributed by atoms with Crippen LogP contribution < -0.4 is 5.32 Å². The number of rotatable bonds is 2. The Balaban J connectivity index is 2.39. The molecule has 0 aliphatic rings. The molecule has 0 saturated carbocycles. The predicted octanol–water partition coefficient (Wildman–Crippen LogP) is 5.17. The maximum atomic E-state index is 14.1. The molecule has 0 atom stereocenters. The van der Waals surface area contributed by atoms with Gasteiger partial charge in [-0.2, -0.15) is 5.26 Å². The zero-order chi connectivity index (χ0) is 14.0. The molecule has 0 spiro atoms. The molecule has 96 valence electrons. The van der Waals surface area contributed by atoms with Crippen molar-refractivity contribution < 1.29 is 4.39 Å². The molecule has 0 bridgehead atoms. The lowest BCUT2D eigenvalue weighted by Crippen LogP contribution is -1.97. The van der Waals surface area contributed by atoms with Gasteiger partial charge in [0.2, 0.25) is 0 Å². The van der Waals surface area contributed by atoms with Gasteiger partial charge in [0.15, 0.2) is 5.82 Å². The van der Waals surface area contributed by atoms with Crippen LogP contribution in [-0.4, -0.2) is 0 Å². The van der Waals surface area contributed by atoms with Gasteiger partial charge in [0, 0.05) is 10.7 Å². The number of halogens is 3. The van der Waals surface area contributed by atoms with Gasteiger partial charge in [0.1, 0.15) is 6.07 Å². The van der Waals surface area contributed by atoms with Crippen molar-refractivity contribution in [3.63, 3.8) is 0 Å². The molecule has 2 nitrogen and oxygen atoms in total. The van der Waals surface area contributed by atoms with E-state index in [0.29, 0.717) is 10.7 Å². The zero-order valence-corrected chi connectivity index (χ0v) is 12.3. The number of nitrogens with one attached hydrogen (secondary N) is 1. The molecule has 0 aliphatic carbocycles. The molecule has 5 heteroatoms. The van der Waals surface area contributed by atoms with E-state index in [1.807, 2.05) is 13.0 Å². The predicted molar refractivity (Wildman–Crippen MR) is 78.3 cm³/mol. The fourth-order valence-corrected chi connectivity index (χ4v) is 2.31. The molecule has 0 aromatic heterocycles. The van der Waals surface area contributed by atoms with Crippen molar-refractivity contribution in [2.45, 2.75) is 6.92 Å². The average Bonchev–Trinajstić information content (AvgIpc) is 2.38. The van der Waals surface area contributed by atoms with E-state index in [-0.39, 0.29) is 10.0 Å². The summed E-state index contributed by atoms with van der Waals surface area (Å²) >= 11 is 8.95. The minimum absolute atomic E-state index is 0.159. The number of benzene rings is 2. The fourth-order valence-electron chi connectivity index (χ4n) is 1.64. The fraction of sp³-hybridized carbons (Fsp3) is 0.0714. The summed E-state index contributed by atoms with van der Waals surface area (Å²) in [6, 6.07) is 10.3. The van der Waals surface area contributed by atoms with Gasteiger partial charge in [-0.1, -0.05) is 11.6 Å². The van der Waals surface area contributed by atoms with Crippen LogP contribution in [0.5, 0.6) is 0 Å². The van der Waals surface area contributed by atoms with Gasteiger partial charge in [0.25, 0.3) is 0 Å². The molecule has 1 N–H and O–H groups in total. The summed E-state index contributed by atoms with van der Waals surface area (Å²) in [5.74, 6) is -0.492. The van der Waals surface area contributed by atoms with Crippen LogP contribution in [0.3, 0.4) is 0 Å². The second-order valence-corrected chi connectivity index (χ2v) is 5.21. The number of nitrogens with zero attached hydrogens (tertiary/aromatic N) is 1. The van der Waals surface area contributed by atoms with Crippen LogP contribution in [0.1, 0.15) is 11.1 Å². The Morgan fingerprint density at radius 1 is 1.26 bits per heavy atom. The van der Waals surface area contributed by atoms with Crippen LogP contribution in [0.2, 0.25) is 5.02 Å². The van der Waals surface area contributed by atoms with Gasteiger partial charge in [-0.05, 0) is 58.7 Å². The van der Waals surface area contributed by atoms with Crippen molar-refractivity contribution in [3.8, 4) is 6.07 Å². The second-order valence-electron chi connectivity index (χ2n) is 3.98. The first-order valence-electron chi connectivity index (χ1n) is 5.44. The number of hydrogen-bond donors (Lipinski definition) is 1. The van der Waals surface area contributed by atoms with E-state index >= 15 is 0 Å². The SMILES string of the molecule is Cc1cc(Cl)ccc1Nc1ccc(C#N)c(Br)c1F. The first kappa shape index (κ1) is 13.9. The van der Waals surface area contributed by atoms with E-state index in [1.54, 1.807) is 24.3 Å². The Kier molecular flexibility index (Phi) is 4.08. The van der Waals surface area contributed by atoms with E-state index in [0.717, 1.165) is 11.3 Å². The Morgan fingerprint density at radius 2 is 1.95 bits per heavy atom. The summed E-state index contributed by atoms with van der Waals surface area (Å²) in [5.41, 5.74) is 2.24. The van der Waals surface area contributed by atoms with Gasteiger partial charge >= 0.3 is 0 Å². The van der Waals surface area contributed by atoms with Gasteiger partial charge in [-0.15, -0.1) is 0 Å². The number of anilines is 2. The highest BCUT2D eigenvalue weighted by atomic mass is 79.9. The molecule has 0 unspecified atom stereocenters. The molecular weight excluding hydrogens is 331 g/mol. The van der Waals surface area contributed by atoms with Crippen LogP contribution in [0.15, 0.2) is 34.8 Å². The standard InChI is InChI=1S/C14H9BrClFN2/c1-8-6-10(16)3-5-11(8)19-12-4-2-9(7-18)13(15)14(12)17/h2-6,19H,1H3. The third-order valence-electron chi connectivity index (χ3n) is 2.66. The van der Waals surface area contributed by atoms with Crippen LogP contribution >= 0.6 is 27.5 Å². The third-order valence-corrected chi connectivity index (χ3v) is 3.67. The highest BCUT2D eigenvalue weighted by Gasteiger charge is 2.11. The lowest BCUT2D eigenvalue weighted by atomic mass is 10.1. The largest absolute Gasteiger partial charge is 0.353 e. The summed E-state index contributed by atoms with van der Waals surface area (Å²) in [7, 11) is 0. The van der Waals surface area contributed by atoms with E-state index in [1.165, 1.54) is 6.07 Å². The summed E-state index contributed by atoms with van der Waals surface area (Å²) in [4.78, 5) is 0. The minimum Gasteiger partial charge on any atom is -0.353 e. The quantitative estimate of drug-likeness (QED) is 0.819. The molecule has 0 saturated heterocycles. The third kappa shape index (κ3) is 2.89. The molecule has 0 heterocycles. The topological polar surface area (TPSA) is 35.8 Å². The van der Waals surface area contributed by atoms with E-state index in [4.69, 9.17) is 16.9 Å². The Hall–Kier alpha value is -1.57. The highest BCUT2D eigenvalue weighted by molar-refractivity contribution is 9.10. The normalized spacial score (nSPS) is 10.1. The zero-order valence-electron chi connectivity index (χ0n) is 9.97. The van der Waals surface area contributed by atoms with E-state index < -0.39 is 5.82 Å². The minimum atomic E-state index is -0.492. The number of nitriles is 1. The molecule has 2 aromatic rings. The Labute approximate surface area is 123 Å². The van der Waals surface area contributed by atoms with Crippen molar-refractivity contribution in [1.82, 2.24) is 0 Å². The summed E-state index contributed by atoms with van der Waals surface area (Å²) in [6.07, 6.45) is 0. The van der Waals surface area contributed by atoms with Crippen molar-refractivity contribution in [1.29, 1.82) is 5.26 Å². The summed E-state index contributed by atoms with van der Waals surface area (Å²) < 4.78 is 14.2. The van der Waals surface area contributed by atoms with Gasteiger partial charge in [0.05, 0.1) is 15.7 Å². The highest BCUT2D eigenvalue weighted by Crippen LogP contribution is 2.30. The van der Waals surface area contributed by atoms with Crippen molar-refractivity contribution in [3.05, 3.63) is 56.8 Å². The maximum absolute atomic E-state index is 14.1. The van der Waals surface area contributed by atoms with Gasteiger partial charge in [-0.3, -0.25) is 0 Å². The van der Waals surface area contributed by atoms with Crippen molar-refractivity contribution in [2.24, 2.45) is 0 Å². The molecule has 0 fully saturated rings. The molecule has 2 aromatic carbocycles. The second kappa shape index (κ2) is 5.60. The first-order chi connectivity index (χ1) is 9.02. The number of aryl methyl sites for hydroxylation is 1. The molecule has 0 aliphatic heterocycles. The molecule has 0 radical (unpaired) electrons. The van der Waals surface area contributed by atoms with Gasteiger partial charge < -0.3 is 5.32 Å². The van der Waals surface area contributed by atoms with Crippen LogP contribution in [0.25, 0.3) is 0 Å². The molecular formula is C14H9BrClFN2. The molecule has 0 amide bonds.